The molecule has 0 bridgehead atoms. The Morgan fingerprint density at radius 2 is 1.70 bits per heavy atom. The summed E-state index contributed by atoms with van der Waals surface area (Å²) in [5, 5.41) is 21.3. The van der Waals surface area contributed by atoms with Crippen molar-refractivity contribution < 1.29 is 19.6 Å². The Kier molecular flexibility index (Phi) is 6.64. The summed E-state index contributed by atoms with van der Waals surface area (Å²) in [6.45, 7) is 1.61. The first-order chi connectivity index (χ1) is 14.3. The fourth-order valence-corrected chi connectivity index (χ4v) is 3.07. The normalized spacial score (nSPS) is 11.7. The number of nitrogens with zero attached hydrogens (tertiary/aromatic N) is 2. The number of hydrogen-bond donors (Lipinski definition) is 1. The largest absolute Gasteiger partial charge is 0.479 e. The molecule has 1 aromatic heterocycles. The first-order valence-electron chi connectivity index (χ1n) is 9.20. The number of carbonyl (C=O) groups is 1. The van der Waals surface area contributed by atoms with Crippen molar-refractivity contribution in [3.05, 3.63) is 87.1 Å². The number of ether oxygens (including phenoxy) is 1. The Morgan fingerprint density at radius 1 is 1.10 bits per heavy atom. The highest BCUT2D eigenvalue weighted by atomic mass is 35.5. The lowest BCUT2D eigenvalue weighted by molar-refractivity contribution is -0.390. The first kappa shape index (κ1) is 21.3. The number of aromatic nitrogens is 1. The van der Waals surface area contributed by atoms with E-state index >= 15 is 0 Å². The minimum atomic E-state index is -1.23. The molecule has 30 heavy (non-hydrogen) atoms. The van der Waals surface area contributed by atoms with Crippen LogP contribution < -0.4 is 4.74 Å². The van der Waals surface area contributed by atoms with Crippen LogP contribution >= 0.6 is 11.6 Å². The van der Waals surface area contributed by atoms with Crippen LogP contribution in [-0.2, 0) is 11.2 Å². The van der Waals surface area contributed by atoms with Gasteiger partial charge in [-0.1, -0.05) is 48.0 Å². The van der Waals surface area contributed by atoms with Crippen molar-refractivity contribution in [2.24, 2.45) is 0 Å². The van der Waals surface area contributed by atoms with Crippen molar-refractivity contribution in [2.75, 3.05) is 0 Å². The Labute approximate surface area is 178 Å². The molecule has 0 amide bonds. The number of benzene rings is 2. The molecule has 1 heterocycles. The molecule has 0 saturated carbocycles. The summed E-state index contributed by atoms with van der Waals surface area (Å²) in [6, 6.07) is 18.1. The lowest BCUT2D eigenvalue weighted by Crippen LogP contribution is -2.28. The number of hydrogen-bond acceptors (Lipinski definition) is 5. The molecule has 0 aliphatic carbocycles. The zero-order chi connectivity index (χ0) is 21.7. The van der Waals surface area contributed by atoms with Gasteiger partial charge in [0, 0.05) is 11.9 Å². The van der Waals surface area contributed by atoms with Gasteiger partial charge in [-0.05, 0) is 63.7 Å². The molecule has 1 unspecified atom stereocenters. The summed E-state index contributed by atoms with van der Waals surface area (Å²) in [7, 11) is 0. The van der Waals surface area contributed by atoms with Crippen molar-refractivity contribution in [3.63, 3.8) is 0 Å². The van der Waals surface area contributed by atoms with Crippen LogP contribution in [0.3, 0.4) is 0 Å². The van der Waals surface area contributed by atoms with Crippen LogP contribution in [0.5, 0.6) is 5.75 Å². The quantitative estimate of drug-likeness (QED) is 0.398. The third kappa shape index (κ3) is 5.33. The third-order valence-corrected chi connectivity index (χ3v) is 4.77. The molecule has 0 radical (unpaired) electrons. The molecule has 3 rings (SSSR count). The van der Waals surface area contributed by atoms with Gasteiger partial charge >= 0.3 is 11.8 Å². The van der Waals surface area contributed by atoms with E-state index in [1.165, 1.54) is 12.1 Å². The molecule has 154 valence electrons. The molecule has 7 nitrogen and oxygen atoms in total. The van der Waals surface area contributed by atoms with Gasteiger partial charge in [0.25, 0.3) is 0 Å². The standard InChI is InChI=1S/C22H19ClN2O5/c1-14-2-12-19(21(24-14)25(28)29)30-20(22(26)27)13-5-15-3-6-16(7-4-15)17-8-10-18(23)11-9-17/h2-4,6-12,20H,5,13H2,1H3,(H,26,27). The summed E-state index contributed by atoms with van der Waals surface area (Å²) in [5.74, 6) is -1.84. The maximum atomic E-state index is 11.6. The smallest absolute Gasteiger partial charge is 0.406 e. The summed E-state index contributed by atoms with van der Waals surface area (Å²) in [5.41, 5.74) is 3.42. The molecular weight excluding hydrogens is 408 g/mol. The molecule has 0 aliphatic rings. The highest BCUT2D eigenvalue weighted by Gasteiger charge is 2.25. The van der Waals surface area contributed by atoms with E-state index in [0.717, 1.165) is 16.7 Å². The molecule has 0 saturated heterocycles. The van der Waals surface area contributed by atoms with E-state index in [1.807, 2.05) is 48.5 Å². The number of aryl methyl sites for hydroxylation is 2. The summed E-state index contributed by atoms with van der Waals surface area (Å²) >= 11 is 5.91. The van der Waals surface area contributed by atoms with Crippen LogP contribution in [0.15, 0.2) is 60.7 Å². The SMILES string of the molecule is Cc1ccc(OC(CCc2ccc(-c3ccc(Cl)cc3)cc2)C(=O)O)c([N+](=O)[O-])n1. The minimum absolute atomic E-state index is 0.153. The second-order valence-corrected chi connectivity index (χ2v) is 7.16. The zero-order valence-electron chi connectivity index (χ0n) is 16.1. The number of nitro groups is 1. The Balaban J connectivity index is 1.69. The van der Waals surface area contributed by atoms with Gasteiger partial charge in [0.1, 0.15) is 5.69 Å². The van der Waals surface area contributed by atoms with Crippen molar-refractivity contribution >= 4 is 23.4 Å². The molecule has 0 aliphatic heterocycles. The van der Waals surface area contributed by atoms with Gasteiger partial charge in [0.2, 0.25) is 5.75 Å². The van der Waals surface area contributed by atoms with Crippen molar-refractivity contribution in [1.82, 2.24) is 4.98 Å². The van der Waals surface area contributed by atoms with Crippen molar-refractivity contribution in [2.45, 2.75) is 25.9 Å². The van der Waals surface area contributed by atoms with Gasteiger partial charge in [0.15, 0.2) is 6.10 Å². The summed E-state index contributed by atoms with van der Waals surface area (Å²) in [4.78, 5) is 25.9. The van der Waals surface area contributed by atoms with E-state index in [9.17, 15) is 20.0 Å². The maximum absolute atomic E-state index is 11.6. The van der Waals surface area contributed by atoms with Gasteiger partial charge in [-0.15, -0.1) is 0 Å². The number of carboxylic acids is 1. The predicted octanol–water partition coefficient (Wildman–Crippen LogP) is 5.08. The van der Waals surface area contributed by atoms with Crippen LogP contribution in [0.4, 0.5) is 5.82 Å². The number of rotatable bonds is 8. The highest BCUT2D eigenvalue weighted by molar-refractivity contribution is 6.30. The number of pyridine rings is 1. The molecule has 0 spiro atoms. The van der Waals surface area contributed by atoms with Gasteiger partial charge in [-0.25, -0.2) is 4.79 Å². The fraction of sp³-hybridized carbons (Fsp3) is 0.182. The van der Waals surface area contributed by atoms with Crippen LogP contribution in [-0.4, -0.2) is 27.1 Å². The van der Waals surface area contributed by atoms with Crippen LogP contribution in [0.2, 0.25) is 5.02 Å². The second kappa shape index (κ2) is 9.37. The Morgan fingerprint density at radius 3 is 2.27 bits per heavy atom. The maximum Gasteiger partial charge on any atom is 0.406 e. The Hall–Kier alpha value is -3.45. The average molecular weight is 427 g/mol. The molecule has 8 heteroatoms. The van der Waals surface area contributed by atoms with Gasteiger partial charge in [0.05, 0.1) is 0 Å². The van der Waals surface area contributed by atoms with Gasteiger partial charge < -0.3 is 20.0 Å². The topological polar surface area (TPSA) is 103 Å². The molecule has 1 N–H and O–H groups in total. The van der Waals surface area contributed by atoms with Gasteiger partial charge in [-0.3, -0.25) is 0 Å². The predicted molar refractivity (Wildman–Crippen MR) is 113 cm³/mol. The lowest BCUT2D eigenvalue weighted by atomic mass is 10.0. The number of aliphatic carboxylic acids is 1. The molecule has 1 atom stereocenters. The van der Waals surface area contributed by atoms with E-state index in [0.29, 0.717) is 17.1 Å². The zero-order valence-corrected chi connectivity index (χ0v) is 16.9. The van der Waals surface area contributed by atoms with Gasteiger partial charge in [-0.2, -0.15) is 0 Å². The first-order valence-corrected chi connectivity index (χ1v) is 9.57. The van der Waals surface area contributed by atoms with E-state index in [4.69, 9.17) is 16.3 Å². The molecule has 0 fully saturated rings. The number of carboxylic acid groups (broad SMARTS) is 1. The van der Waals surface area contributed by atoms with E-state index in [-0.39, 0.29) is 12.2 Å². The second-order valence-electron chi connectivity index (χ2n) is 6.72. The summed E-state index contributed by atoms with van der Waals surface area (Å²) < 4.78 is 5.43. The van der Waals surface area contributed by atoms with E-state index in [2.05, 4.69) is 4.98 Å². The summed E-state index contributed by atoms with van der Waals surface area (Å²) in [6.07, 6.45) is -0.643. The minimum Gasteiger partial charge on any atom is -0.479 e. The Bertz CT molecular complexity index is 1050. The van der Waals surface area contributed by atoms with Crippen LogP contribution in [0.1, 0.15) is 17.7 Å². The molecular formula is C22H19ClN2O5. The molecule has 3 aromatic rings. The monoisotopic (exact) mass is 426 g/mol. The van der Waals surface area contributed by atoms with E-state index in [1.54, 1.807) is 6.92 Å². The van der Waals surface area contributed by atoms with Crippen LogP contribution in [0.25, 0.3) is 11.1 Å². The van der Waals surface area contributed by atoms with Crippen LogP contribution in [0, 0.1) is 17.0 Å². The average Bonchev–Trinajstić information content (AvgIpc) is 2.72. The third-order valence-electron chi connectivity index (χ3n) is 4.52. The van der Waals surface area contributed by atoms with E-state index < -0.39 is 22.8 Å². The van der Waals surface area contributed by atoms with Crippen molar-refractivity contribution in [1.29, 1.82) is 0 Å². The fourth-order valence-electron chi connectivity index (χ4n) is 2.94. The highest BCUT2D eigenvalue weighted by Crippen LogP contribution is 2.27. The lowest BCUT2D eigenvalue weighted by Gasteiger charge is -2.15. The molecule has 2 aromatic carbocycles. The number of halogens is 1. The van der Waals surface area contributed by atoms with Crippen molar-refractivity contribution in [3.8, 4) is 16.9 Å².